The van der Waals surface area contributed by atoms with E-state index < -0.39 is 0 Å². The first kappa shape index (κ1) is 21.8. The van der Waals surface area contributed by atoms with Gasteiger partial charge in [0.1, 0.15) is 0 Å². The molecule has 1 N–H and O–H groups in total. The molecular weight excluding hydrogens is 552 g/mol. The van der Waals surface area contributed by atoms with Crippen molar-refractivity contribution in [3.05, 3.63) is 62.0 Å². The number of thioether (sulfide) groups is 1. The zero-order valence-corrected chi connectivity index (χ0v) is 20.1. The Kier molecular flexibility index (Phi) is 7.59. The Morgan fingerprint density at radius 2 is 2.00 bits per heavy atom. The molecule has 0 radical (unpaired) electrons. The Hall–Kier alpha value is -0.891. The van der Waals surface area contributed by atoms with Crippen molar-refractivity contribution in [1.29, 1.82) is 0 Å². The van der Waals surface area contributed by atoms with Crippen LogP contribution in [0.15, 0.2) is 50.1 Å². The van der Waals surface area contributed by atoms with Crippen molar-refractivity contribution in [2.75, 3.05) is 11.1 Å². The molecule has 146 valence electrons. The average Bonchev–Trinajstić information content (AvgIpc) is 3.12. The number of rotatable bonds is 6. The SMILES string of the molecule is CC(=O)c1ccc(NC(=O)CSC2[Se]N=NC2c2ccc(Cl)c(Cl)c2)c(Br)c1. The molecule has 2 atom stereocenters. The monoisotopic (exact) mass is 565 g/mol. The van der Waals surface area contributed by atoms with Gasteiger partial charge in [-0.05, 0) is 0 Å². The first-order valence-corrected chi connectivity index (χ1v) is 12.4. The second kappa shape index (κ2) is 9.74. The van der Waals surface area contributed by atoms with E-state index in [1.54, 1.807) is 30.3 Å². The molecule has 10 heteroatoms. The molecule has 0 saturated carbocycles. The van der Waals surface area contributed by atoms with E-state index >= 15 is 0 Å². The fraction of sp³-hybridized carbons (Fsp3) is 0.222. The van der Waals surface area contributed by atoms with Gasteiger partial charge in [-0.3, -0.25) is 0 Å². The number of anilines is 1. The van der Waals surface area contributed by atoms with Gasteiger partial charge < -0.3 is 0 Å². The van der Waals surface area contributed by atoms with Gasteiger partial charge in [0.25, 0.3) is 0 Å². The molecule has 1 heterocycles. The Bertz CT molecular complexity index is 960. The fourth-order valence-corrected chi connectivity index (χ4v) is 6.30. The summed E-state index contributed by atoms with van der Waals surface area (Å²) in [5, 5.41) is 8.16. The van der Waals surface area contributed by atoms with E-state index in [1.165, 1.54) is 18.7 Å². The first-order chi connectivity index (χ1) is 13.3. The molecule has 5 nitrogen and oxygen atoms in total. The maximum atomic E-state index is 12.4. The van der Waals surface area contributed by atoms with Gasteiger partial charge in [0.2, 0.25) is 0 Å². The molecule has 0 fully saturated rings. The molecular formula is C18H14BrCl2N3O2SSe. The van der Waals surface area contributed by atoms with Crippen LogP contribution in [0.4, 0.5) is 5.69 Å². The molecule has 2 unspecified atom stereocenters. The number of nitrogens with one attached hydrogen (secondary N) is 1. The molecule has 2 aromatic carbocycles. The van der Waals surface area contributed by atoms with Crippen LogP contribution in [0.25, 0.3) is 0 Å². The molecule has 1 amide bonds. The van der Waals surface area contributed by atoms with Gasteiger partial charge in [-0.25, -0.2) is 0 Å². The average molecular weight is 566 g/mol. The maximum absolute atomic E-state index is 12.4. The van der Waals surface area contributed by atoms with E-state index in [2.05, 4.69) is 30.5 Å². The summed E-state index contributed by atoms with van der Waals surface area (Å²) in [5.74, 6) is 0.117. The van der Waals surface area contributed by atoms with Crippen LogP contribution in [-0.2, 0) is 4.79 Å². The number of hydrogen-bond acceptors (Lipinski definition) is 5. The number of benzene rings is 2. The van der Waals surface area contributed by atoms with Crippen molar-refractivity contribution < 1.29 is 9.59 Å². The third-order valence-electron chi connectivity index (χ3n) is 3.89. The van der Waals surface area contributed by atoms with Crippen molar-refractivity contribution >= 4 is 83.4 Å². The van der Waals surface area contributed by atoms with E-state index in [0.717, 1.165) is 5.56 Å². The molecule has 0 saturated heterocycles. The Morgan fingerprint density at radius 3 is 2.68 bits per heavy atom. The van der Waals surface area contributed by atoms with E-state index in [-0.39, 0.29) is 42.8 Å². The van der Waals surface area contributed by atoms with Crippen molar-refractivity contribution in [2.45, 2.75) is 17.1 Å². The minimum absolute atomic E-state index is 0.0292. The van der Waals surface area contributed by atoms with Crippen LogP contribution in [0.3, 0.4) is 0 Å². The van der Waals surface area contributed by atoms with E-state index in [0.29, 0.717) is 25.8 Å². The Balaban J connectivity index is 1.59. The molecule has 2 aromatic rings. The van der Waals surface area contributed by atoms with Gasteiger partial charge in [-0.2, -0.15) is 0 Å². The Morgan fingerprint density at radius 1 is 1.21 bits per heavy atom. The third-order valence-corrected chi connectivity index (χ3v) is 8.98. The van der Waals surface area contributed by atoms with Crippen molar-refractivity contribution in [2.24, 2.45) is 9.24 Å². The predicted molar refractivity (Wildman–Crippen MR) is 119 cm³/mol. The number of ketones is 1. The van der Waals surface area contributed by atoms with Crippen LogP contribution in [0.5, 0.6) is 0 Å². The van der Waals surface area contributed by atoms with E-state index in [1.807, 2.05) is 6.07 Å². The standard InChI is InChI=1S/C18H14BrCl2N3O2SSe/c1-9(25)10-3-5-15(12(19)6-10)22-16(26)8-27-18-17(23-24-28-18)11-2-4-13(20)14(21)7-11/h2-7,17-18H,8H2,1H3,(H,22,26). The number of hydrogen-bond donors (Lipinski definition) is 1. The summed E-state index contributed by atoms with van der Waals surface area (Å²) in [6, 6.07) is 10.4. The van der Waals surface area contributed by atoms with Gasteiger partial charge in [0, 0.05) is 0 Å². The molecule has 0 aliphatic carbocycles. The van der Waals surface area contributed by atoms with Crippen LogP contribution in [0.2, 0.25) is 10.0 Å². The second-order valence-electron chi connectivity index (χ2n) is 5.90. The van der Waals surface area contributed by atoms with Crippen LogP contribution in [0.1, 0.15) is 28.9 Å². The molecule has 0 bridgehead atoms. The zero-order chi connectivity index (χ0) is 20.3. The van der Waals surface area contributed by atoms with Crippen molar-refractivity contribution in [3.63, 3.8) is 0 Å². The summed E-state index contributed by atoms with van der Waals surface area (Å²) in [7, 11) is 0. The number of halogens is 3. The molecule has 3 rings (SSSR count). The van der Waals surface area contributed by atoms with Gasteiger partial charge >= 0.3 is 193 Å². The van der Waals surface area contributed by atoms with Crippen molar-refractivity contribution in [1.82, 2.24) is 0 Å². The van der Waals surface area contributed by atoms with Crippen LogP contribution < -0.4 is 5.32 Å². The van der Waals surface area contributed by atoms with Crippen molar-refractivity contribution in [3.8, 4) is 0 Å². The summed E-state index contributed by atoms with van der Waals surface area (Å²) in [4.78, 5) is 23.8. The number of nitrogens with zero attached hydrogens (tertiary/aromatic N) is 2. The molecule has 1 aliphatic heterocycles. The first-order valence-electron chi connectivity index (χ1n) is 8.08. The summed E-state index contributed by atoms with van der Waals surface area (Å²) < 4.78 is 4.98. The molecule has 1 aliphatic rings. The second-order valence-corrected chi connectivity index (χ2v) is 11.2. The normalized spacial score (nSPS) is 18.3. The number of amides is 1. The van der Waals surface area contributed by atoms with Crippen LogP contribution >= 0.6 is 50.9 Å². The summed E-state index contributed by atoms with van der Waals surface area (Å²) in [6.45, 7) is 1.50. The van der Waals surface area contributed by atoms with Crippen LogP contribution in [0, 0.1) is 0 Å². The summed E-state index contributed by atoms with van der Waals surface area (Å²) >= 11 is 16.9. The minimum atomic E-state index is -0.130. The van der Waals surface area contributed by atoms with Gasteiger partial charge in [-0.1, -0.05) is 0 Å². The topological polar surface area (TPSA) is 70.9 Å². The van der Waals surface area contributed by atoms with Crippen LogP contribution in [-0.4, -0.2) is 36.8 Å². The van der Waals surface area contributed by atoms with Gasteiger partial charge in [-0.15, -0.1) is 0 Å². The van der Waals surface area contributed by atoms with E-state index in [4.69, 9.17) is 23.2 Å². The number of carbonyl (C=O) groups excluding carboxylic acids is 2. The van der Waals surface area contributed by atoms with Gasteiger partial charge in [0.05, 0.1) is 0 Å². The quantitative estimate of drug-likeness (QED) is 0.356. The predicted octanol–water partition coefficient (Wildman–Crippen LogP) is 5.78. The van der Waals surface area contributed by atoms with Gasteiger partial charge in [0.15, 0.2) is 0 Å². The Labute approximate surface area is 191 Å². The number of carbonyl (C=O) groups is 2. The molecule has 0 spiro atoms. The van der Waals surface area contributed by atoms with E-state index in [9.17, 15) is 9.59 Å². The molecule has 28 heavy (non-hydrogen) atoms. The summed E-state index contributed by atoms with van der Waals surface area (Å²) in [6.07, 6.45) is 0. The third kappa shape index (κ3) is 5.38. The fourth-order valence-electron chi connectivity index (χ4n) is 2.46. The number of Topliss-reactive ketones (excluding diaryl/α,β-unsaturated/α-hetero) is 1. The zero-order valence-electron chi connectivity index (χ0n) is 14.5. The molecule has 0 aromatic heterocycles. The summed E-state index contributed by atoms with van der Waals surface area (Å²) in [5.41, 5.74) is 2.15.